The molecule has 174 valence electrons. The van der Waals surface area contributed by atoms with Crippen LogP contribution in [0, 0.1) is 13.8 Å². The van der Waals surface area contributed by atoms with Gasteiger partial charge in [-0.3, -0.25) is 14.9 Å². The number of nitrogens with zero attached hydrogens (tertiary/aromatic N) is 3. The zero-order valence-corrected chi connectivity index (χ0v) is 21.1. The minimum absolute atomic E-state index is 0.0594. The monoisotopic (exact) mass is 491 g/mol. The van der Waals surface area contributed by atoms with Crippen LogP contribution in [-0.2, 0) is 4.79 Å². The number of carbonyl (C=O) groups excluding carboxylic acids is 2. The number of amides is 2. The zero-order chi connectivity index (χ0) is 24.0. The van der Waals surface area contributed by atoms with Gasteiger partial charge in [-0.25, -0.2) is 15.0 Å². The van der Waals surface area contributed by atoms with Gasteiger partial charge in [0.25, 0.3) is 5.91 Å². The summed E-state index contributed by atoms with van der Waals surface area (Å²) in [6.07, 6.45) is 2.29. The number of anilines is 1. The van der Waals surface area contributed by atoms with Gasteiger partial charge in [0.1, 0.15) is 10.7 Å². The molecule has 9 heteroatoms. The van der Waals surface area contributed by atoms with E-state index in [0.717, 1.165) is 57.0 Å². The number of hydrogen-bond donors (Lipinski definition) is 2. The van der Waals surface area contributed by atoms with Crippen molar-refractivity contribution in [2.24, 2.45) is 0 Å². The number of aromatic nitrogens is 3. The summed E-state index contributed by atoms with van der Waals surface area (Å²) < 4.78 is 0. The molecule has 1 aromatic carbocycles. The van der Waals surface area contributed by atoms with E-state index in [2.05, 4.69) is 20.6 Å². The lowest BCUT2D eigenvalue weighted by Gasteiger charge is -2.13. The topological polar surface area (TPSA) is 96.9 Å². The SMILES string of the molecule is CC(=O)NC(C)c1ccc(-c2csc(NC(=O)c3sc4nc(C5CC5)nc(C)c4c3C)n2)cc1. The van der Waals surface area contributed by atoms with Crippen molar-refractivity contribution in [2.45, 2.75) is 52.5 Å². The molecule has 1 fully saturated rings. The molecule has 5 rings (SSSR count). The Kier molecular flexibility index (Phi) is 5.91. The van der Waals surface area contributed by atoms with Gasteiger partial charge in [0, 0.05) is 29.2 Å². The highest BCUT2D eigenvalue weighted by Gasteiger charge is 2.28. The van der Waals surface area contributed by atoms with Crippen molar-refractivity contribution in [2.75, 3.05) is 5.32 Å². The molecule has 1 unspecified atom stereocenters. The Morgan fingerprint density at radius 2 is 1.82 bits per heavy atom. The highest BCUT2D eigenvalue weighted by atomic mass is 32.1. The van der Waals surface area contributed by atoms with E-state index in [1.807, 2.05) is 50.4 Å². The average Bonchev–Trinajstić information content (AvgIpc) is 3.46. The summed E-state index contributed by atoms with van der Waals surface area (Å²) in [5.74, 6) is 1.14. The van der Waals surface area contributed by atoms with Crippen LogP contribution in [-0.4, -0.2) is 26.8 Å². The molecule has 1 saturated carbocycles. The summed E-state index contributed by atoms with van der Waals surface area (Å²) in [5, 5.41) is 9.29. The Bertz CT molecular complexity index is 1400. The van der Waals surface area contributed by atoms with Crippen LogP contribution in [0.25, 0.3) is 21.5 Å². The molecule has 1 aliphatic rings. The highest BCUT2D eigenvalue weighted by molar-refractivity contribution is 7.21. The van der Waals surface area contributed by atoms with Crippen molar-refractivity contribution >= 4 is 49.8 Å². The third-order valence-corrected chi connectivity index (χ3v) is 7.93. The van der Waals surface area contributed by atoms with E-state index in [-0.39, 0.29) is 17.9 Å². The van der Waals surface area contributed by atoms with Crippen molar-refractivity contribution < 1.29 is 9.59 Å². The van der Waals surface area contributed by atoms with Crippen molar-refractivity contribution in [1.29, 1.82) is 0 Å². The molecule has 2 amide bonds. The van der Waals surface area contributed by atoms with Crippen LogP contribution in [0.3, 0.4) is 0 Å². The molecule has 7 nitrogen and oxygen atoms in total. The van der Waals surface area contributed by atoms with Crippen LogP contribution in [0.5, 0.6) is 0 Å². The van der Waals surface area contributed by atoms with E-state index >= 15 is 0 Å². The van der Waals surface area contributed by atoms with E-state index in [4.69, 9.17) is 4.98 Å². The number of fused-ring (bicyclic) bond motifs is 1. The Morgan fingerprint density at radius 1 is 1.09 bits per heavy atom. The summed E-state index contributed by atoms with van der Waals surface area (Å²) in [6.45, 7) is 7.41. The van der Waals surface area contributed by atoms with Gasteiger partial charge in [0.2, 0.25) is 5.91 Å². The van der Waals surface area contributed by atoms with E-state index in [0.29, 0.717) is 15.9 Å². The first kappa shape index (κ1) is 22.6. The maximum Gasteiger partial charge on any atom is 0.267 e. The molecule has 0 radical (unpaired) electrons. The predicted molar refractivity (Wildman–Crippen MR) is 137 cm³/mol. The summed E-state index contributed by atoms with van der Waals surface area (Å²) >= 11 is 2.81. The van der Waals surface area contributed by atoms with Gasteiger partial charge in [-0.2, -0.15) is 0 Å². The number of benzene rings is 1. The molecule has 3 heterocycles. The number of thiazole rings is 1. The number of rotatable bonds is 6. The second kappa shape index (κ2) is 8.88. The molecule has 34 heavy (non-hydrogen) atoms. The largest absolute Gasteiger partial charge is 0.350 e. The molecule has 0 aliphatic heterocycles. The summed E-state index contributed by atoms with van der Waals surface area (Å²) in [5.41, 5.74) is 4.62. The maximum atomic E-state index is 13.1. The van der Waals surface area contributed by atoms with Crippen molar-refractivity contribution in [1.82, 2.24) is 20.3 Å². The number of nitrogens with one attached hydrogen (secondary N) is 2. The molecular formula is C25H25N5O2S2. The lowest BCUT2D eigenvalue weighted by molar-refractivity contribution is -0.119. The fourth-order valence-corrected chi connectivity index (χ4v) is 5.90. The standard InChI is InChI=1S/C25H25N5O2S2/c1-12-20-14(3)27-22(18-9-10-18)29-24(20)34-21(12)23(32)30-25-28-19(11-33-25)17-7-5-16(6-8-17)13(2)26-15(4)31/h5-8,11,13,18H,9-10H2,1-4H3,(H,26,31)(H,28,30,32). The fraction of sp³-hybridized carbons (Fsp3) is 0.320. The molecule has 1 aliphatic carbocycles. The molecule has 1 atom stereocenters. The third kappa shape index (κ3) is 4.45. The fourth-order valence-electron chi connectivity index (χ4n) is 4.05. The maximum absolute atomic E-state index is 13.1. The number of thiophene rings is 1. The Hall–Kier alpha value is -3.17. The summed E-state index contributed by atoms with van der Waals surface area (Å²) in [6, 6.07) is 7.85. The minimum atomic E-state index is -0.173. The van der Waals surface area contributed by atoms with E-state index in [1.54, 1.807) is 0 Å². The average molecular weight is 492 g/mol. The molecule has 3 aromatic heterocycles. The van der Waals surface area contributed by atoms with Crippen LogP contribution in [0.1, 0.15) is 71.0 Å². The van der Waals surface area contributed by atoms with Gasteiger partial charge >= 0.3 is 0 Å². The Balaban J connectivity index is 1.33. The van der Waals surface area contributed by atoms with Crippen molar-refractivity contribution in [3.8, 4) is 11.3 Å². The Labute approximate surface area is 205 Å². The van der Waals surface area contributed by atoms with Crippen LogP contribution in [0.15, 0.2) is 29.6 Å². The van der Waals surface area contributed by atoms with Gasteiger partial charge in [-0.15, -0.1) is 22.7 Å². The quantitative estimate of drug-likeness (QED) is 0.357. The van der Waals surface area contributed by atoms with Crippen LogP contribution in [0.2, 0.25) is 0 Å². The summed E-state index contributed by atoms with van der Waals surface area (Å²) in [7, 11) is 0. The minimum Gasteiger partial charge on any atom is -0.350 e. The number of aryl methyl sites for hydroxylation is 2. The van der Waals surface area contributed by atoms with Crippen molar-refractivity contribution in [3.05, 3.63) is 57.2 Å². The first-order valence-electron chi connectivity index (χ1n) is 11.2. The van der Waals surface area contributed by atoms with E-state index < -0.39 is 0 Å². The number of hydrogen-bond acceptors (Lipinski definition) is 7. The van der Waals surface area contributed by atoms with Gasteiger partial charge in [0.05, 0.1) is 22.3 Å². The zero-order valence-electron chi connectivity index (χ0n) is 19.4. The van der Waals surface area contributed by atoms with Gasteiger partial charge in [-0.1, -0.05) is 24.3 Å². The predicted octanol–water partition coefficient (Wildman–Crippen LogP) is 5.76. The van der Waals surface area contributed by atoms with Crippen LogP contribution in [0.4, 0.5) is 5.13 Å². The van der Waals surface area contributed by atoms with E-state index in [1.165, 1.54) is 29.6 Å². The second-order valence-corrected chi connectivity index (χ2v) is 10.6. The lowest BCUT2D eigenvalue weighted by Crippen LogP contribution is -2.23. The second-order valence-electron chi connectivity index (χ2n) is 8.71. The first-order chi connectivity index (χ1) is 16.3. The molecule has 0 saturated heterocycles. The lowest BCUT2D eigenvalue weighted by atomic mass is 10.1. The molecular weight excluding hydrogens is 466 g/mol. The Morgan fingerprint density at radius 3 is 2.50 bits per heavy atom. The first-order valence-corrected chi connectivity index (χ1v) is 12.9. The molecule has 0 bridgehead atoms. The molecule has 4 aromatic rings. The number of carbonyl (C=O) groups is 2. The van der Waals surface area contributed by atoms with Crippen LogP contribution < -0.4 is 10.6 Å². The normalized spacial score (nSPS) is 14.2. The van der Waals surface area contributed by atoms with Gasteiger partial charge in [-0.05, 0) is 44.7 Å². The van der Waals surface area contributed by atoms with Crippen LogP contribution >= 0.6 is 22.7 Å². The van der Waals surface area contributed by atoms with E-state index in [9.17, 15) is 9.59 Å². The third-order valence-electron chi connectivity index (χ3n) is 5.99. The smallest absolute Gasteiger partial charge is 0.267 e. The molecule has 0 spiro atoms. The van der Waals surface area contributed by atoms with Crippen molar-refractivity contribution in [3.63, 3.8) is 0 Å². The van der Waals surface area contributed by atoms with Gasteiger partial charge < -0.3 is 5.32 Å². The highest BCUT2D eigenvalue weighted by Crippen LogP contribution is 2.40. The summed E-state index contributed by atoms with van der Waals surface area (Å²) in [4.78, 5) is 39.9. The van der Waals surface area contributed by atoms with Gasteiger partial charge in [0.15, 0.2) is 5.13 Å². The molecule has 2 N–H and O–H groups in total.